The van der Waals surface area contributed by atoms with Crippen LogP contribution in [-0.4, -0.2) is 17.4 Å². The zero-order valence-corrected chi connectivity index (χ0v) is 15.6. The molecule has 0 atom stereocenters. The summed E-state index contributed by atoms with van der Waals surface area (Å²) in [6.45, 7) is 0. The highest BCUT2D eigenvalue weighted by Gasteiger charge is 2.23. The Morgan fingerprint density at radius 2 is 1.83 bits per heavy atom. The Labute approximate surface area is 151 Å². The lowest BCUT2D eigenvalue weighted by Crippen LogP contribution is -2.03. The van der Waals surface area contributed by atoms with Crippen molar-refractivity contribution in [1.29, 1.82) is 0 Å². The molecular weight excluding hydrogens is 366 g/mol. The summed E-state index contributed by atoms with van der Waals surface area (Å²) in [4.78, 5) is 4.85. The number of aryl methyl sites for hydroxylation is 2. The molecule has 2 aliphatic carbocycles. The molecule has 3 nitrogen and oxygen atoms in total. The number of phenols is 1. The second-order valence-electron chi connectivity index (χ2n) is 7.13. The van der Waals surface area contributed by atoms with Gasteiger partial charge in [-0.25, -0.2) is 0 Å². The first kappa shape index (κ1) is 16.2. The van der Waals surface area contributed by atoms with E-state index in [2.05, 4.69) is 15.9 Å². The maximum atomic E-state index is 10.6. The molecule has 0 spiro atoms. The third-order valence-corrected chi connectivity index (χ3v) is 6.05. The molecule has 4 heteroatoms. The number of hydrogen-bond acceptors (Lipinski definition) is 3. The van der Waals surface area contributed by atoms with Gasteiger partial charge in [0, 0.05) is 35.2 Å². The van der Waals surface area contributed by atoms with E-state index in [1.54, 1.807) is 0 Å². The van der Waals surface area contributed by atoms with Gasteiger partial charge in [0.15, 0.2) is 0 Å². The Bertz CT molecular complexity index is 770. The summed E-state index contributed by atoms with van der Waals surface area (Å²) in [6, 6.07) is 2.29. The number of halogens is 1. The molecule has 0 unspecified atom stereocenters. The molecule has 128 valence electrons. The first-order chi connectivity index (χ1) is 11.7. The molecule has 0 aliphatic heterocycles. The van der Waals surface area contributed by atoms with Gasteiger partial charge in [0.2, 0.25) is 0 Å². The molecule has 1 saturated carbocycles. The Morgan fingerprint density at radius 3 is 2.62 bits per heavy atom. The monoisotopic (exact) mass is 389 g/mol. The maximum absolute atomic E-state index is 10.6. The average Bonchev–Trinajstić information content (AvgIpc) is 2.77. The van der Waals surface area contributed by atoms with Crippen LogP contribution in [0.15, 0.2) is 19.9 Å². The van der Waals surface area contributed by atoms with Crippen LogP contribution in [0.4, 0.5) is 0 Å². The fraction of sp³-hybridized carbons (Fsp3) is 0.550. The summed E-state index contributed by atoms with van der Waals surface area (Å²) in [5, 5.41) is 11.7. The quantitative estimate of drug-likeness (QED) is 0.511. The number of fused-ring (bicyclic) bond motifs is 3. The lowest BCUT2D eigenvalue weighted by atomic mass is 9.94. The first-order valence-electron chi connectivity index (χ1n) is 9.23. The van der Waals surface area contributed by atoms with Crippen LogP contribution in [0.5, 0.6) is 5.75 Å². The number of aliphatic imine (C=N–C) groups is 1. The smallest absolute Gasteiger partial charge is 0.139 e. The molecule has 1 heterocycles. The number of furan rings is 1. The minimum atomic E-state index is 0.286. The van der Waals surface area contributed by atoms with Crippen LogP contribution in [0, 0.1) is 0 Å². The van der Waals surface area contributed by atoms with Gasteiger partial charge in [0.25, 0.3) is 0 Å². The van der Waals surface area contributed by atoms with Crippen LogP contribution in [-0.2, 0) is 12.8 Å². The third kappa shape index (κ3) is 3.01. The number of nitrogens with zero attached hydrogens (tertiary/aromatic N) is 1. The van der Waals surface area contributed by atoms with E-state index in [4.69, 9.17) is 9.41 Å². The van der Waals surface area contributed by atoms with Crippen molar-refractivity contribution in [2.75, 3.05) is 0 Å². The van der Waals surface area contributed by atoms with Crippen molar-refractivity contribution < 1.29 is 9.52 Å². The van der Waals surface area contributed by atoms with E-state index >= 15 is 0 Å². The molecule has 4 rings (SSSR count). The predicted octanol–water partition coefficient (Wildman–Crippen LogP) is 5.92. The minimum absolute atomic E-state index is 0.286. The van der Waals surface area contributed by atoms with Crippen molar-refractivity contribution in [3.63, 3.8) is 0 Å². The van der Waals surface area contributed by atoms with Gasteiger partial charge in [-0.1, -0.05) is 25.7 Å². The number of benzene rings is 1. The second-order valence-corrected chi connectivity index (χ2v) is 7.98. The maximum Gasteiger partial charge on any atom is 0.139 e. The molecular formula is C20H24BrNO2. The standard InChI is InChI=1S/C20H24BrNO2/c21-16-11-18-19(14-9-5-6-10-17(14)24-18)15(20(16)23)12-22-13-7-3-1-2-4-8-13/h11-13,23H,1-10H2. The molecule has 24 heavy (non-hydrogen) atoms. The number of aromatic hydroxyl groups is 1. The van der Waals surface area contributed by atoms with Crippen LogP contribution in [0.25, 0.3) is 11.0 Å². The van der Waals surface area contributed by atoms with E-state index in [0.717, 1.165) is 48.0 Å². The number of hydrogen-bond donors (Lipinski definition) is 1. The topological polar surface area (TPSA) is 45.7 Å². The van der Waals surface area contributed by atoms with Crippen molar-refractivity contribution in [3.8, 4) is 5.75 Å². The highest BCUT2D eigenvalue weighted by molar-refractivity contribution is 9.10. The van der Waals surface area contributed by atoms with Gasteiger partial charge in [0.05, 0.1) is 4.47 Å². The highest BCUT2D eigenvalue weighted by Crippen LogP contribution is 2.40. The van der Waals surface area contributed by atoms with Gasteiger partial charge in [-0.05, 0) is 54.1 Å². The molecule has 0 saturated heterocycles. The second kappa shape index (κ2) is 6.91. The van der Waals surface area contributed by atoms with Crippen LogP contribution in [0.2, 0.25) is 0 Å². The summed E-state index contributed by atoms with van der Waals surface area (Å²) < 4.78 is 6.76. The van der Waals surface area contributed by atoms with Crippen molar-refractivity contribution in [2.24, 2.45) is 4.99 Å². The van der Waals surface area contributed by atoms with Gasteiger partial charge < -0.3 is 9.52 Å². The molecule has 1 N–H and O–H groups in total. The normalized spacial score (nSPS) is 19.7. The van der Waals surface area contributed by atoms with E-state index in [-0.39, 0.29) is 5.75 Å². The third-order valence-electron chi connectivity index (χ3n) is 5.45. The molecule has 0 radical (unpaired) electrons. The largest absolute Gasteiger partial charge is 0.506 e. The van der Waals surface area contributed by atoms with E-state index in [9.17, 15) is 5.11 Å². The zero-order chi connectivity index (χ0) is 16.5. The van der Waals surface area contributed by atoms with Crippen molar-refractivity contribution >= 4 is 33.1 Å². The summed E-state index contributed by atoms with van der Waals surface area (Å²) in [6.07, 6.45) is 13.8. The van der Waals surface area contributed by atoms with Gasteiger partial charge in [-0.3, -0.25) is 4.99 Å². The lowest BCUT2D eigenvalue weighted by molar-refractivity contribution is 0.471. The SMILES string of the molecule is Oc1c(Br)cc2oc3c(c2c1C=NC1CCCCCC1)CCCC3. The van der Waals surface area contributed by atoms with Crippen LogP contribution in [0.3, 0.4) is 0 Å². The lowest BCUT2D eigenvalue weighted by Gasteiger charge is -2.11. The van der Waals surface area contributed by atoms with Gasteiger partial charge in [0.1, 0.15) is 17.1 Å². The summed E-state index contributed by atoms with van der Waals surface area (Å²) in [5.41, 5.74) is 2.98. The van der Waals surface area contributed by atoms with Crippen molar-refractivity contribution in [3.05, 3.63) is 27.4 Å². The van der Waals surface area contributed by atoms with E-state index in [1.807, 2.05) is 12.3 Å². The number of rotatable bonds is 2. The van der Waals surface area contributed by atoms with Crippen molar-refractivity contribution in [2.45, 2.75) is 70.3 Å². The highest BCUT2D eigenvalue weighted by atomic mass is 79.9. The van der Waals surface area contributed by atoms with Crippen LogP contribution >= 0.6 is 15.9 Å². The van der Waals surface area contributed by atoms with Crippen LogP contribution < -0.4 is 0 Å². The van der Waals surface area contributed by atoms with Gasteiger partial charge in [-0.2, -0.15) is 0 Å². The Hall–Kier alpha value is -1.29. The number of phenolic OH excluding ortho intramolecular Hbond substituents is 1. The molecule has 0 bridgehead atoms. The van der Waals surface area contributed by atoms with Gasteiger partial charge >= 0.3 is 0 Å². The summed E-state index contributed by atoms with van der Waals surface area (Å²) in [7, 11) is 0. The fourth-order valence-corrected chi connectivity index (χ4v) is 4.55. The van der Waals surface area contributed by atoms with Crippen molar-refractivity contribution in [1.82, 2.24) is 0 Å². The zero-order valence-electron chi connectivity index (χ0n) is 14.0. The van der Waals surface area contributed by atoms with E-state index in [0.29, 0.717) is 10.5 Å². The van der Waals surface area contributed by atoms with Crippen LogP contribution in [0.1, 0.15) is 68.3 Å². The summed E-state index contributed by atoms with van der Waals surface area (Å²) >= 11 is 3.47. The Balaban J connectivity index is 1.77. The molecule has 1 aromatic carbocycles. The van der Waals surface area contributed by atoms with E-state index < -0.39 is 0 Å². The average molecular weight is 390 g/mol. The first-order valence-corrected chi connectivity index (χ1v) is 10.0. The fourth-order valence-electron chi connectivity index (χ4n) is 4.13. The minimum Gasteiger partial charge on any atom is -0.506 e. The molecule has 1 fully saturated rings. The van der Waals surface area contributed by atoms with E-state index in [1.165, 1.54) is 44.1 Å². The predicted molar refractivity (Wildman–Crippen MR) is 101 cm³/mol. The molecule has 0 amide bonds. The molecule has 2 aromatic rings. The van der Waals surface area contributed by atoms with Gasteiger partial charge in [-0.15, -0.1) is 0 Å². The Morgan fingerprint density at radius 1 is 1.08 bits per heavy atom. The molecule has 2 aliphatic rings. The Kier molecular flexibility index (Phi) is 4.66. The molecule has 1 aromatic heterocycles. The summed E-state index contributed by atoms with van der Waals surface area (Å²) in [5.74, 6) is 1.38.